The Hall–Kier alpha value is -0.420. The van der Waals surface area contributed by atoms with Crippen LogP contribution in [0.15, 0.2) is 0 Å². The van der Waals surface area contributed by atoms with E-state index in [-0.39, 0.29) is 5.56 Å². The van der Waals surface area contributed by atoms with Gasteiger partial charge in [0, 0.05) is 19.6 Å². The van der Waals surface area contributed by atoms with E-state index >= 15 is 0 Å². The van der Waals surface area contributed by atoms with Crippen LogP contribution >= 0.6 is 67.8 Å². The quantitative estimate of drug-likeness (QED) is 0.214. The number of carbonyl (C=O) groups excluding carboxylic acids is 3. The molecule has 0 aliphatic rings. The third kappa shape index (κ3) is 5.02. The molecule has 0 saturated carbocycles. The van der Waals surface area contributed by atoms with Gasteiger partial charge in [-0.05, 0) is 67.8 Å². The number of carbonyl (C=O) groups is 3. The molecule has 1 rings (SSSR count). The number of aliphatic hydroxyl groups excluding tert-OH is 1. The summed E-state index contributed by atoms with van der Waals surface area (Å²) in [4.78, 5) is 34.1. The molecule has 0 saturated heterocycles. The van der Waals surface area contributed by atoms with Gasteiger partial charge in [0.1, 0.15) is 0 Å². The van der Waals surface area contributed by atoms with Crippen LogP contribution in [0.3, 0.4) is 0 Å². The van der Waals surface area contributed by atoms with E-state index in [1.807, 2.05) is 73.1 Å². The maximum absolute atomic E-state index is 12.0. The monoisotopic (exact) mass is 659 g/mol. The predicted octanol–water partition coefficient (Wildman–Crippen LogP) is 0.904. The molecule has 1 aromatic rings. The Morgan fingerprint density at radius 1 is 1.13 bits per heavy atom. The van der Waals surface area contributed by atoms with Gasteiger partial charge >= 0.3 is 5.97 Å². The average Bonchev–Trinajstić information content (AvgIpc) is 2.49. The number of amides is 2. The smallest absolute Gasteiger partial charge is 0.303 e. The fraction of sp³-hybridized carbons (Fsp3) is 0.250. The van der Waals surface area contributed by atoms with Crippen molar-refractivity contribution in [1.29, 1.82) is 0 Å². The highest BCUT2D eigenvalue weighted by atomic mass is 127. The third-order valence-electron chi connectivity index (χ3n) is 2.61. The lowest BCUT2D eigenvalue weighted by Crippen LogP contribution is -2.37. The maximum Gasteiger partial charge on any atom is 0.303 e. The van der Waals surface area contributed by atoms with Crippen LogP contribution in [0.5, 0.6) is 0 Å². The van der Waals surface area contributed by atoms with Gasteiger partial charge in [-0.2, -0.15) is 0 Å². The highest BCUT2D eigenvalue weighted by Crippen LogP contribution is 2.38. The molecule has 8 nitrogen and oxygen atoms in total. The van der Waals surface area contributed by atoms with Crippen molar-refractivity contribution in [3.8, 4) is 0 Å². The number of rotatable bonds is 4. The van der Waals surface area contributed by atoms with Crippen LogP contribution in [0.1, 0.15) is 18.6 Å². The van der Waals surface area contributed by atoms with Crippen LogP contribution in [-0.4, -0.2) is 29.5 Å². The highest BCUT2D eigenvalue weighted by molar-refractivity contribution is 14.1. The Balaban J connectivity index is 3.02. The molecule has 1 unspecified atom stereocenters. The Kier molecular flexibility index (Phi) is 7.72. The van der Waals surface area contributed by atoms with Crippen LogP contribution in [0.2, 0.25) is 0 Å². The van der Waals surface area contributed by atoms with Gasteiger partial charge in [0.15, 0.2) is 12.7 Å². The van der Waals surface area contributed by atoms with Crippen molar-refractivity contribution in [2.45, 2.75) is 13.0 Å². The van der Waals surface area contributed by atoms with Crippen LogP contribution in [0.25, 0.3) is 0 Å². The largest absolute Gasteiger partial charge is 0.456 e. The minimum atomic E-state index is -1.64. The summed E-state index contributed by atoms with van der Waals surface area (Å²) in [5.41, 5.74) is 12.7. The van der Waals surface area contributed by atoms with Gasteiger partial charge in [0.25, 0.3) is 11.8 Å². The molecule has 0 fully saturated rings. The van der Waals surface area contributed by atoms with E-state index in [2.05, 4.69) is 4.74 Å². The van der Waals surface area contributed by atoms with Crippen molar-refractivity contribution in [1.82, 2.24) is 5.32 Å². The SMILES string of the molecule is CC(=O)OCC(=O)NC(=O)C(O)c1c(I)c(N)c(I)c(N)c1I. The number of anilines is 2. The second-order valence-corrected chi connectivity index (χ2v) is 7.51. The predicted molar refractivity (Wildman–Crippen MR) is 108 cm³/mol. The van der Waals surface area contributed by atoms with Gasteiger partial charge in [-0.1, -0.05) is 0 Å². The van der Waals surface area contributed by atoms with Crippen molar-refractivity contribution < 1.29 is 24.2 Å². The second kappa shape index (κ2) is 8.61. The van der Waals surface area contributed by atoms with Crippen molar-refractivity contribution in [2.75, 3.05) is 18.1 Å². The average molecular weight is 659 g/mol. The standard InChI is InChI=1S/C12H12I3N3O5/c1-3(19)23-2-4(20)18-12(22)11(21)5-6(13)9(16)8(15)10(17)7(5)14/h11,21H,2,16-17H2,1H3,(H,18,20,22). The van der Waals surface area contributed by atoms with Gasteiger partial charge in [-0.3, -0.25) is 19.7 Å². The van der Waals surface area contributed by atoms with Crippen LogP contribution in [0.4, 0.5) is 11.4 Å². The van der Waals surface area contributed by atoms with E-state index < -0.39 is 30.5 Å². The number of nitrogen functional groups attached to an aromatic ring is 2. The number of hydrogen-bond donors (Lipinski definition) is 4. The third-order valence-corrected chi connectivity index (χ3v) is 6.10. The molecule has 0 aliphatic heterocycles. The lowest BCUT2D eigenvalue weighted by atomic mass is 10.1. The number of hydrogen-bond acceptors (Lipinski definition) is 7. The molecule has 0 aliphatic carbocycles. The molecule has 1 atom stereocenters. The number of halogens is 3. The molecule has 0 aromatic heterocycles. The summed E-state index contributed by atoms with van der Waals surface area (Å²) in [6.07, 6.45) is -1.64. The molecular weight excluding hydrogens is 647 g/mol. The van der Waals surface area contributed by atoms with E-state index in [9.17, 15) is 19.5 Å². The summed E-state index contributed by atoms with van der Waals surface area (Å²) in [6, 6.07) is 0. The van der Waals surface area contributed by atoms with E-state index in [1.54, 1.807) is 0 Å². The normalized spacial score (nSPS) is 11.7. The molecule has 0 bridgehead atoms. The van der Waals surface area contributed by atoms with Crippen LogP contribution in [0, 0.1) is 10.7 Å². The van der Waals surface area contributed by atoms with Gasteiger partial charge in [0.05, 0.1) is 14.9 Å². The first-order valence-corrected chi connectivity index (χ1v) is 9.17. The zero-order chi connectivity index (χ0) is 17.9. The molecule has 0 radical (unpaired) electrons. The number of nitrogens with two attached hydrogens (primary N) is 2. The van der Waals surface area contributed by atoms with Crippen molar-refractivity contribution >= 4 is 96.9 Å². The molecular formula is C12H12I3N3O5. The summed E-state index contributed by atoms with van der Waals surface area (Å²) in [7, 11) is 0. The minimum Gasteiger partial charge on any atom is -0.456 e. The zero-order valence-corrected chi connectivity index (χ0v) is 18.1. The summed E-state index contributed by atoms with van der Waals surface area (Å²) >= 11 is 5.76. The van der Waals surface area contributed by atoms with Gasteiger partial charge in [-0.15, -0.1) is 0 Å². The number of nitrogens with one attached hydrogen (secondary N) is 1. The van der Waals surface area contributed by atoms with Gasteiger partial charge < -0.3 is 21.3 Å². The summed E-state index contributed by atoms with van der Waals surface area (Å²) in [5, 5.41) is 12.2. The van der Waals surface area contributed by atoms with E-state index in [1.165, 1.54) is 0 Å². The molecule has 0 spiro atoms. The van der Waals surface area contributed by atoms with Crippen molar-refractivity contribution in [2.24, 2.45) is 0 Å². The minimum absolute atomic E-state index is 0.222. The molecule has 11 heteroatoms. The summed E-state index contributed by atoms with van der Waals surface area (Å²) < 4.78 is 6.03. The number of esters is 1. The molecule has 0 heterocycles. The molecule has 6 N–H and O–H groups in total. The van der Waals surface area contributed by atoms with E-state index in [0.717, 1.165) is 6.92 Å². The lowest BCUT2D eigenvalue weighted by molar-refractivity contribution is -0.148. The van der Waals surface area contributed by atoms with Crippen LogP contribution < -0.4 is 16.8 Å². The van der Waals surface area contributed by atoms with E-state index in [4.69, 9.17) is 11.5 Å². The number of imide groups is 1. The lowest BCUT2D eigenvalue weighted by Gasteiger charge is -2.18. The van der Waals surface area contributed by atoms with Crippen molar-refractivity contribution in [3.63, 3.8) is 0 Å². The molecule has 23 heavy (non-hydrogen) atoms. The number of benzene rings is 1. The van der Waals surface area contributed by atoms with Gasteiger partial charge in [-0.25, -0.2) is 0 Å². The molecule has 126 valence electrons. The summed E-state index contributed by atoms with van der Waals surface area (Å²) in [6.45, 7) is 0.519. The maximum atomic E-state index is 12.0. The summed E-state index contributed by atoms with van der Waals surface area (Å²) in [5.74, 6) is -2.46. The molecule has 1 aromatic carbocycles. The van der Waals surface area contributed by atoms with E-state index in [0.29, 0.717) is 22.1 Å². The topological polar surface area (TPSA) is 145 Å². The van der Waals surface area contributed by atoms with Crippen molar-refractivity contribution in [3.05, 3.63) is 16.3 Å². The fourth-order valence-corrected chi connectivity index (χ4v) is 5.26. The number of aliphatic hydroxyl groups is 1. The first kappa shape index (κ1) is 20.6. The van der Waals surface area contributed by atoms with Gasteiger partial charge in [0.2, 0.25) is 0 Å². The Morgan fingerprint density at radius 3 is 2.04 bits per heavy atom. The Morgan fingerprint density at radius 2 is 1.61 bits per heavy atom. The van der Waals surface area contributed by atoms with Crippen LogP contribution in [-0.2, 0) is 19.1 Å². The first-order chi connectivity index (χ1) is 10.6. The number of ether oxygens (including phenoxy) is 1. The fourth-order valence-electron chi connectivity index (χ4n) is 1.50. The highest BCUT2D eigenvalue weighted by Gasteiger charge is 2.28. The Bertz CT molecular complexity index is 651. The molecule has 2 amide bonds. The first-order valence-electron chi connectivity index (χ1n) is 5.94. The zero-order valence-electron chi connectivity index (χ0n) is 11.7. The second-order valence-electron chi connectivity index (χ2n) is 4.28. The Labute approximate surface area is 172 Å².